The minimum absolute atomic E-state index is 0.0167. The number of hydrogen-bond donors (Lipinski definition) is 2. The van der Waals surface area contributed by atoms with E-state index in [1.165, 1.54) is 0 Å². The summed E-state index contributed by atoms with van der Waals surface area (Å²) in [5.74, 6) is -0.0600. The number of carbonyl (C=O) groups excluding carboxylic acids is 2. The zero-order chi connectivity index (χ0) is 14.5. The molecular weight excluding hydrogens is 278 g/mol. The molecule has 5 nitrogen and oxygen atoms in total. The van der Waals surface area contributed by atoms with Crippen molar-refractivity contribution in [3.8, 4) is 0 Å². The molecule has 1 aromatic carbocycles. The Morgan fingerprint density at radius 3 is 2.90 bits per heavy atom. The SMILES string of the molecule is CNCCC(=O)NC1CC(=O)N(c2ccccc2Cl)C1. The molecule has 0 spiro atoms. The van der Waals surface area contributed by atoms with Crippen LogP contribution >= 0.6 is 11.6 Å². The Hall–Kier alpha value is -1.59. The molecule has 2 rings (SSSR count). The summed E-state index contributed by atoms with van der Waals surface area (Å²) in [6, 6.07) is 7.08. The Labute approximate surface area is 123 Å². The molecule has 1 atom stereocenters. The number of anilines is 1. The molecular formula is C14H18ClN3O2. The van der Waals surface area contributed by atoms with Crippen LogP contribution in [0.2, 0.25) is 5.02 Å². The molecule has 6 heteroatoms. The average Bonchev–Trinajstić information content (AvgIpc) is 2.77. The lowest BCUT2D eigenvalue weighted by Crippen LogP contribution is -2.38. The maximum Gasteiger partial charge on any atom is 0.229 e. The molecule has 2 amide bonds. The first kappa shape index (κ1) is 14.8. The molecule has 1 fully saturated rings. The first-order chi connectivity index (χ1) is 9.61. The van der Waals surface area contributed by atoms with Gasteiger partial charge in [0, 0.05) is 25.9 Å². The van der Waals surface area contributed by atoms with Crippen molar-refractivity contribution < 1.29 is 9.59 Å². The molecule has 108 valence electrons. The van der Waals surface area contributed by atoms with Gasteiger partial charge in [-0.15, -0.1) is 0 Å². The van der Waals surface area contributed by atoms with Crippen LogP contribution in [-0.2, 0) is 9.59 Å². The fourth-order valence-electron chi connectivity index (χ4n) is 2.25. The highest BCUT2D eigenvalue weighted by molar-refractivity contribution is 6.33. The first-order valence-electron chi connectivity index (χ1n) is 6.60. The van der Waals surface area contributed by atoms with Crippen LogP contribution in [0.3, 0.4) is 0 Å². The van der Waals surface area contributed by atoms with Crippen molar-refractivity contribution in [2.45, 2.75) is 18.9 Å². The van der Waals surface area contributed by atoms with Crippen LogP contribution < -0.4 is 15.5 Å². The van der Waals surface area contributed by atoms with Gasteiger partial charge in [0.05, 0.1) is 16.8 Å². The number of rotatable bonds is 5. The van der Waals surface area contributed by atoms with Crippen molar-refractivity contribution in [3.05, 3.63) is 29.3 Å². The van der Waals surface area contributed by atoms with Crippen LogP contribution in [0.4, 0.5) is 5.69 Å². The molecule has 1 aliphatic heterocycles. The summed E-state index contributed by atoms with van der Waals surface area (Å²) in [5, 5.41) is 6.34. The van der Waals surface area contributed by atoms with Gasteiger partial charge in [-0.3, -0.25) is 9.59 Å². The molecule has 1 unspecified atom stereocenters. The van der Waals surface area contributed by atoms with Crippen LogP contribution in [0.25, 0.3) is 0 Å². The third kappa shape index (κ3) is 3.49. The molecule has 20 heavy (non-hydrogen) atoms. The van der Waals surface area contributed by atoms with E-state index in [9.17, 15) is 9.59 Å². The van der Waals surface area contributed by atoms with Crippen LogP contribution in [0.1, 0.15) is 12.8 Å². The van der Waals surface area contributed by atoms with E-state index < -0.39 is 0 Å². The number of halogens is 1. The van der Waals surface area contributed by atoms with E-state index in [1.807, 2.05) is 18.2 Å². The molecule has 0 aromatic heterocycles. The van der Waals surface area contributed by atoms with Crippen LogP contribution in [0, 0.1) is 0 Å². The highest BCUT2D eigenvalue weighted by Crippen LogP contribution is 2.28. The number of amides is 2. The second-order valence-electron chi connectivity index (χ2n) is 4.78. The van der Waals surface area contributed by atoms with Gasteiger partial charge in [-0.05, 0) is 19.2 Å². The van der Waals surface area contributed by atoms with Gasteiger partial charge >= 0.3 is 0 Å². The van der Waals surface area contributed by atoms with Gasteiger partial charge in [0.15, 0.2) is 0 Å². The molecule has 0 aliphatic carbocycles. The molecule has 0 saturated carbocycles. The minimum atomic E-state index is -0.150. The van der Waals surface area contributed by atoms with E-state index >= 15 is 0 Å². The second-order valence-corrected chi connectivity index (χ2v) is 5.19. The normalized spacial score (nSPS) is 18.4. The van der Waals surface area contributed by atoms with Gasteiger partial charge in [-0.25, -0.2) is 0 Å². The van der Waals surface area contributed by atoms with Crippen molar-refractivity contribution >= 4 is 29.1 Å². The Kier molecular flexibility index (Phi) is 4.98. The smallest absolute Gasteiger partial charge is 0.229 e. The highest BCUT2D eigenvalue weighted by Gasteiger charge is 2.32. The lowest BCUT2D eigenvalue weighted by atomic mass is 10.2. The maximum atomic E-state index is 12.0. The van der Waals surface area contributed by atoms with Gasteiger partial charge < -0.3 is 15.5 Å². The van der Waals surface area contributed by atoms with Gasteiger partial charge in [0.1, 0.15) is 0 Å². The topological polar surface area (TPSA) is 61.4 Å². The van der Waals surface area contributed by atoms with E-state index in [-0.39, 0.29) is 17.9 Å². The number of nitrogens with zero attached hydrogens (tertiary/aromatic N) is 1. The summed E-state index contributed by atoms with van der Waals surface area (Å²) >= 11 is 6.10. The predicted molar refractivity (Wildman–Crippen MR) is 78.9 cm³/mol. The number of benzene rings is 1. The standard InChI is InChI=1S/C14H18ClN3O2/c1-16-7-6-13(19)17-10-8-14(20)18(9-10)12-5-3-2-4-11(12)15/h2-5,10,16H,6-9H2,1H3,(H,17,19). The third-order valence-corrected chi connectivity index (χ3v) is 3.56. The monoisotopic (exact) mass is 295 g/mol. The van der Waals surface area contributed by atoms with E-state index in [1.54, 1.807) is 18.0 Å². The van der Waals surface area contributed by atoms with E-state index in [4.69, 9.17) is 11.6 Å². The van der Waals surface area contributed by atoms with Gasteiger partial charge in [-0.2, -0.15) is 0 Å². The zero-order valence-corrected chi connectivity index (χ0v) is 12.1. The van der Waals surface area contributed by atoms with Crippen LogP contribution in [-0.4, -0.2) is 38.0 Å². The van der Waals surface area contributed by atoms with E-state index in [2.05, 4.69) is 10.6 Å². The number of hydrogen-bond acceptors (Lipinski definition) is 3. The summed E-state index contributed by atoms with van der Waals surface area (Å²) in [5.41, 5.74) is 0.700. The molecule has 0 radical (unpaired) electrons. The van der Waals surface area contributed by atoms with Crippen LogP contribution in [0.15, 0.2) is 24.3 Å². The summed E-state index contributed by atoms with van der Waals surface area (Å²) in [4.78, 5) is 25.3. The largest absolute Gasteiger partial charge is 0.351 e. The lowest BCUT2D eigenvalue weighted by molar-refractivity contribution is -0.121. The molecule has 1 saturated heterocycles. The van der Waals surface area contributed by atoms with E-state index in [0.717, 1.165) is 0 Å². The number of para-hydroxylation sites is 1. The quantitative estimate of drug-likeness (QED) is 0.857. The lowest BCUT2D eigenvalue weighted by Gasteiger charge is -2.18. The summed E-state index contributed by atoms with van der Waals surface area (Å²) in [7, 11) is 1.80. The zero-order valence-electron chi connectivity index (χ0n) is 11.4. The van der Waals surface area contributed by atoms with Crippen molar-refractivity contribution in [1.82, 2.24) is 10.6 Å². The molecule has 1 heterocycles. The summed E-state index contributed by atoms with van der Waals surface area (Å²) in [6.07, 6.45) is 0.726. The van der Waals surface area contributed by atoms with Crippen molar-refractivity contribution in [3.63, 3.8) is 0 Å². The predicted octanol–water partition coefficient (Wildman–Crippen LogP) is 1.17. The van der Waals surface area contributed by atoms with Gasteiger partial charge in [-0.1, -0.05) is 23.7 Å². The highest BCUT2D eigenvalue weighted by atomic mass is 35.5. The molecule has 1 aromatic rings. The Balaban J connectivity index is 1.97. The summed E-state index contributed by atoms with van der Waals surface area (Å²) < 4.78 is 0. The Morgan fingerprint density at radius 2 is 2.20 bits per heavy atom. The van der Waals surface area contributed by atoms with Crippen molar-refractivity contribution in [2.24, 2.45) is 0 Å². The summed E-state index contributed by atoms with van der Waals surface area (Å²) in [6.45, 7) is 1.09. The third-order valence-electron chi connectivity index (χ3n) is 3.24. The number of nitrogens with one attached hydrogen (secondary N) is 2. The second kappa shape index (κ2) is 6.72. The Morgan fingerprint density at radius 1 is 1.45 bits per heavy atom. The minimum Gasteiger partial charge on any atom is -0.351 e. The van der Waals surface area contributed by atoms with Crippen molar-refractivity contribution in [2.75, 3.05) is 25.0 Å². The fourth-order valence-corrected chi connectivity index (χ4v) is 2.48. The van der Waals surface area contributed by atoms with Crippen LogP contribution in [0.5, 0.6) is 0 Å². The van der Waals surface area contributed by atoms with Gasteiger partial charge in [0.25, 0.3) is 0 Å². The molecule has 1 aliphatic rings. The van der Waals surface area contributed by atoms with Gasteiger partial charge in [0.2, 0.25) is 11.8 Å². The first-order valence-corrected chi connectivity index (χ1v) is 6.98. The van der Waals surface area contributed by atoms with E-state index in [0.29, 0.717) is 36.6 Å². The van der Waals surface area contributed by atoms with Crippen molar-refractivity contribution in [1.29, 1.82) is 0 Å². The molecule has 0 bridgehead atoms. The molecule has 2 N–H and O–H groups in total. The number of carbonyl (C=O) groups is 2. The maximum absolute atomic E-state index is 12.0. The Bertz CT molecular complexity index is 507. The average molecular weight is 296 g/mol. The fraction of sp³-hybridized carbons (Fsp3) is 0.429.